The van der Waals surface area contributed by atoms with Gasteiger partial charge in [-0.15, -0.1) is 0 Å². The van der Waals surface area contributed by atoms with Crippen molar-refractivity contribution in [1.82, 2.24) is 15.0 Å². The second kappa shape index (κ2) is 12.6. The SMILES string of the molecule is c1ccc(-c2ccc3cc(-c4ccc(-c5nc(-c6ccc7ccccc7c6)nc(-c6cccc7ccccc67)n5)c5c4oc4ccccc45)ccc3c2)cc1. The average Bonchev–Trinajstić information content (AvgIpc) is 3.65. The van der Waals surface area contributed by atoms with Crippen LogP contribution in [0.5, 0.6) is 0 Å². The average molecular weight is 702 g/mol. The molecule has 0 aliphatic rings. The first kappa shape index (κ1) is 31.1. The molecule has 256 valence electrons. The summed E-state index contributed by atoms with van der Waals surface area (Å²) >= 11 is 0. The minimum atomic E-state index is 0.594. The Kier molecular flexibility index (Phi) is 7.14. The first-order valence-corrected chi connectivity index (χ1v) is 18.5. The van der Waals surface area contributed by atoms with Gasteiger partial charge in [-0.1, -0.05) is 152 Å². The summed E-state index contributed by atoms with van der Waals surface area (Å²) in [6.45, 7) is 0. The van der Waals surface area contributed by atoms with Gasteiger partial charge in [-0.25, -0.2) is 15.0 Å². The molecule has 0 unspecified atom stereocenters. The van der Waals surface area contributed by atoms with Crippen LogP contribution in [0.25, 0.3) is 111 Å². The second-order valence-corrected chi connectivity index (χ2v) is 14.0. The number of rotatable bonds is 5. The molecule has 11 rings (SSSR count). The van der Waals surface area contributed by atoms with E-state index < -0.39 is 0 Å². The first-order chi connectivity index (χ1) is 27.2. The smallest absolute Gasteiger partial charge is 0.164 e. The molecular weight excluding hydrogens is 671 g/mol. The van der Waals surface area contributed by atoms with Crippen molar-refractivity contribution in [3.63, 3.8) is 0 Å². The summed E-state index contributed by atoms with van der Waals surface area (Å²) in [4.78, 5) is 15.7. The Bertz CT molecular complexity index is 3270. The lowest BCUT2D eigenvalue weighted by molar-refractivity contribution is 0.670. The number of aromatic nitrogens is 3. The predicted octanol–water partition coefficient (Wildman–Crippen LogP) is 13.6. The Morgan fingerprint density at radius 1 is 0.309 bits per heavy atom. The van der Waals surface area contributed by atoms with Crippen LogP contribution >= 0.6 is 0 Å². The Labute approximate surface area is 317 Å². The molecule has 0 radical (unpaired) electrons. The highest BCUT2D eigenvalue weighted by Crippen LogP contribution is 2.42. The standard InChI is InChI=1S/C51H31N3O/c1-2-11-32(12-3-1)36-22-23-38-30-39(25-24-37(38)29-36)42-27-28-45(47-44-18-8-9-20-46(44)55-48(42)47)51-53-49(40-26-21-33-13-4-5-15-35(33)31-40)52-50(54-51)43-19-10-16-34-14-6-7-17-41(34)43/h1-31H. The lowest BCUT2D eigenvalue weighted by Crippen LogP contribution is -2.01. The van der Waals surface area contributed by atoms with Crippen molar-refractivity contribution < 1.29 is 4.42 Å². The highest BCUT2D eigenvalue weighted by Gasteiger charge is 2.21. The zero-order valence-electron chi connectivity index (χ0n) is 29.6. The molecule has 0 aliphatic heterocycles. The molecule has 0 amide bonds. The van der Waals surface area contributed by atoms with Gasteiger partial charge in [-0.2, -0.15) is 0 Å². The van der Waals surface area contributed by atoms with Crippen LogP contribution in [0, 0.1) is 0 Å². The molecule has 0 saturated heterocycles. The highest BCUT2D eigenvalue weighted by atomic mass is 16.3. The Balaban J connectivity index is 1.13. The largest absolute Gasteiger partial charge is 0.455 e. The molecule has 0 fully saturated rings. The van der Waals surface area contributed by atoms with Gasteiger partial charge < -0.3 is 4.42 Å². The topological polar surface area (TPSA) is 51.8 Å². The molecule has 11 aromatic rings. The predicted molar refractivity (Wildman–Crippen MR) is 227 cm³/mol. The van der Waals surface area contributed by atoms with E-state index in [9.17, 15) is 0 Å². The Hall–Kier alpha value is -7.43. The monoisotopic (exact) mass is 701 g/mol. The van der Waals surface area contributed by atoms with E-state index in [0.717, 1.165) is 65.9 Å². The van der Waals surface area contributed by atoms with E-state index in [1.54, 1.807) is 0 Å². The van der Waals surface area contributed by atoms with Gasteiger partial charge in [0.1, 0.15) is 11.2 Å². The number of para-hydroxylation sites is 1. The minimum Gasteiger partial charge on any atom is -0.455 e. The molecule has 2 heterocycles. The maximum absolute atomic E-state index is 6.75. The molecule has 4 heteroatoms. The molecule has 9 aromatic carbocycles. The zero-order chi connectivity index (χ0) is 36.3. The van der Waals surface area contributed by atoms with E-state index in [0.29, 0.717) is 17.5 Å². The van der Waals surface area contributed by atoms with E-state index in [2.05, 4.69) is 176 Å². The third-order valence-corrected chi connectivity index (χ3v) is 10.7. The van der Waals surface area contributed by atoms with Gasteiger partial charge in [-0.05, 0) is 85.4 Å². The van der Waals surface area contributed by atoms with Gasteiger partial charge in [0.25, 0.3) is 0 Å². The van der Waals surface area contributed by atoms with Gasteiger partial charge in [0.05, 0.1) is 0 Å². The summed E-state index contributed by atoms with van der Waals surface area (Å²) in [5.41, 5.74) is 8.91. The van der Waals surface area contributed by atoms with Crippen LogP contribution in [0.15, 0.2) is 192 Å². The molecule has 2 aromatic heterocycles. The van der Waals surface area contributed by atoms with Crippen LogP contribution in [-0.2, 0) is 0 Å². The van der Waals surface area contributed by atoms with Crippen LogP contribution < -0.4 is 0 Å². The number of benzene rings is 9. The summed E-state index contributed by atoms with van der Waals surface area (Å²) in [5.74, 6) is 1.84. The number of hydrogen-bond donors (Lipinski definition) is 0. The van der Waals surface area contributed by atoms with Gasteiger partial charge in [0.2, 0.25) is 0 Å². The van der Waals surface area contributed by atoms with Crippen molar-refractivity contribution in [2.45, 2.75) is 0 Å². The first-order valence-electron chi connectivity index (χ1n) is 18.5. The Morgan fingerprint density at radius 3 is 1.73 bits per heavy atom. The summed E-state index contributed by atoms with van der Waals surface area (Å²) in [6.07, 6.45) is 0. The molecule has 4 nitrogen and oxygen atoms in total. The third kappa shape index (κ3) is 5.34. The van der Waals surface area contributed by atoms with Crippen molar-refractivity contribution in [3.8, 4) is 56.4 Å². The normalized spacial score (nSPS) is 11.6. The fraction of sp³-hybridized carbons (Fsp3) is 0. The molecule has 0 atom stereocenters. The van der Waals surface area contributed by atoms with Crippen molar-refractivity contribution >= 4 is 54.3 Å². The van der Waals surface area contributed by atoms with Gasteiger partial charge in [0, 0.05) is 33.0 Å². The van der Waals surface area contributed by atoms with E-state index in [1.165, 1.54) is 27.3 Å². The molecule has 0 spiro atoms. The van der Waals surface area contributed by atoms with E-state index in [4.69, 9.17) is 19.4 Å². The maximum atomic E-state index is 6.75. The summed E-state index contributed by atoms with van der Waals surface area (Å²) < 4.78 is 6.75. The zero-order valence-corrected chi connectivity index (χ0v) is 29.6. The van der Waals surface area contributed by atoms with Gasteiger partial charge in [-0.3, -0.25) is 0 Å². The summed E-state index contributed by atoms with van der Waals surface area (Å²) in [7, 11) is 0. The van der Waals surface area contributed by atoms with Crippen LogP contribution in [0.1, 0.15) is 0 Å². The van der Waals surface area contributed by atoms with Crippen molar-refractivity contribution in [1.29, 1.82) is 0 Å². The molecular formula is C51H31N3O. The van der Waals surface area contributed by atoms with E-state index in [1.807, 2.05) is 12.1 Å². The van der Waals surface area contributed by atoms with Crippen molar-refractivity contribution in [2.75, 3.05) is 0 Å². The number of furan rings is 1. The van der Waals surface area contributed by atoms with E-state index in [-0.39, 0.29) is 0 Å². The Morgan fingerprint density at radius 2 is 0.873 bits per heavy atom. The van der Waals surface area contributed by atoms with Crippen LogP contribution in [0.3, 0.4) is 0 Å². The van der Waals surface area contributed by atoms with Crippen molar-refractivity contribution in [2.24, 2.45) is 0 Å². The summed E-state index contributed by atoms with van der Waals surface area (Å²) in [5, 5.41) is 8.88. The van der Waals surface area contributed by atoms with E-state index >= 15 is 0 Å². The van der Waals surface area contributed by atoms with Gasteiger partial charge in [0.15, 0.2) is 17.5 Å². The third-order valence-electron chi connectivity index (χ3n) is 10.7. The van der Waals surface area contributed by atoms with Crippen LogP contribution in [0.4, 0.5) is 0 Å². The number of fused-ring (bicyclic) bond motifs is 6. The quantitative estimate of drug-likeness (QED) is 0.179. The fourth-order valence-electron chi connectivity index (χ4n) is 7.96. The molecule has 0 saturated carbocycles. The highest BCUT2D eigenvalue weighted by molar-refractivity contribution is 6.16. The summed E-state index contributed by atoms with van der Waals surface area (Å²) in [6, 6.07) is 65.8. The molecule has 0 aliphatic carbocycles. The lowest BCUT2D eigenvalue weighted by atomic mass is 9.95. The van der Waals surface area contributed by atoms with Crippen LogP contribution in [-0.4, -0.2) is 15.0 Å². The second-order valence-electron chi connectivity index (χ2n) is 14.0. The van der Waals surface area contributed by atoms with Crippen LogP contribution in [0.2, 0.25) is 0 Å². The number of nitrogens with zero attached hydrogens (tertiary/aromatic N) is 3. The molecule has 0 bridgehead atoms. The fourth-order valence-corrected chi connectivity index (χ4v) is 7.96. The van der Waals surface area contributed by atoms with Crippen molar-refractivity contribution in [3.05, 3.63) is 188 Å². The molecule has 55 heavy (non-hydrogen) atoms. The number of hydrogen-bond acceptors (Lipinski definition) is 4. The molecule has 0 N–H and O–H groups in total. The minimum absolute atomic E-state index is 0.594. The maximum Gasteiger partial charge on any atom is 0.164 e. The van der Waals surface area contributed by atoms with Gasteiger partial charge >= 0.3 is 0 Å². The lowest BCUT2D eigenvalue weighted by Gasteiger charge is -2.12.